The highest BCUT2D eigenvalue weighted by Crippen LogP contribution is 2.37. The molecule has 0 aliphatic heterocycles. The van der Waals surface area contributed by atoms with Crippen molar-refractivity contribution in [1.82, 2.24) is 0 Å². The summed E-state index contributed by atoms with van der Waals surface area (Å²) in [5.41, 5.74) is -1.00. The van der Waals surface area contributed by atoms with Gasteiger partial charge in [0.15, 0.2) is 0 Å². The summed E-state index contributed by atoms with van der Waals surface area (Å²) in [5.74, 6) is -1.70. The minimum absolute atomic E-state index is 0.0748. The maximum absolute atomic E-state index is 12.1. The van der Waals surface area contributed by atoms with Crippen LogP contribution in [0.3, 0.4) is 0 Å². The van der Waals surface area contributed by atoms with Crippen molar-refractivity contribution < 1.29 is 30.0 Å². The van der Waals surface area contributed by atoms with Crippen LogP contribution in [0.4, 0.5) is 0 Å². The number of aliphatic carboxylic acids is 2. The normalized spacial score (nSPS) is 14.4. The molecule has 0 aromatic rings. The van der Waals surface area contributed by atoms with E-state index in [-0.39, 0.29) is 12.8 Å². The first-order valence-corrected chi connectivity index (χ1v) is 12.1. The van der Waals surface area contributed by atoms with E-state index in [2.05, 4.69) is 6.92 Å². The van der Waals surface area contributed by atoms with Crippen LogP contribution < -0.4 is 0 Å². The highest BCUT2D eigenvalue weighted by Gasteiger charge is 2.39. The number of carbonyl (C=O) groups is 2. The quantitative estimate of drug-likeness (QED) is 0.168. The molecule has 0 aromatic carbocycles. The van der Waals surface area contributed by atoms with Crippen molar-refractivity contribution in [3.8, 4) is 0 Å². The lowest BCUT2D eigenvalue weighted by atomic mass is 9.73. The summed E-state index contributed by atoms with van der Waals surface area (Å²) in [7, 11) is 0. The van der Waals surface area contributed by atoms with E-state index in [1.54, 1.807) is 0 Å². The molecule has 0 aliphatic rings. The molecule has 0 radical (unpaired) electrons. The first kappa shape index (κ1) is 28.9. The zero-order chi connectivity index (χ0) is 22.7. The van der Waals surface area contributed by atoms with E-state index in [0.29, 0.717) is 25.7 Å². The Kier molecular flexibility index (Phi) is 17.9. The second-order valence-electron chi connectivity index (χ2n) is 8.87. The van der Waals surface area contributed by atoms with Gasteiger partial charge in [0.25, 0.3) is 0 Å². The summed E-state index contributed by atoms with van der Waals surface area (Å²) in [5, 5.41) is 37.8. The van der Waals surface area contributed by atoms with Gasteiger partial charge in [0.05, 0.1) is 18.1 Å². The van der Waals surface area contributed by atoms with Crippen LogP contribution >= 0.6 is 0 Å². The summed E-state index contributed by atoms with van der Waals surface area (Å²) >= 11 is 0. The van der Waals surface area contributed by atoms with Gasteiger partial charge in [0.1, 0.15) is 0 Å². The molecule has 0 aliphatic carbocycles. The van der Waals surface area contributed by atoms with Crippen LogP contribution in [0.2, 0.25) is 0 Å². The SMILES string of the molecule is CCCCCCCCCCCCC(CCCCCCC(=O)O)(CC(O)CO)C(=O)O. The van der Waals surface area contributed by atoms with E-state index in [9.17, 15) is 24.9 Å². The smallest absolute Gasteiger partial charge is 0.309 e. The largest absolute Gasteiger partial charge is 0.481 e. The van der Waals surface area contributed by atoms with E-state index in [4.69, 9.17) is 5.11 Å². The fourth-order valence-corrected chi connectivity index (χ4v) is 4.19. The van der Waals surface area contributed by atoms with E-state index in [1.165, 1.54) is 44.9 Å². The third kappa shape index (κ3) is 14.8. The van der Waals surface area contributed by atoms with Gasteiger partial charge in [0.2, 0.25) is 0 Å². The molecule has 6 heteroatoms. The molecule has 0 saturated heterocycles. The van der Waals surface area contributed by atoms with Crippen molar-refractivity contribution >= 4 is 11.9 Å². The second kappa shape index (κ2) is 18.6. The third-order valence-electron chi connectivity index (χ3n) is 6.10. The number of unbranched alkanes of at least 4 members (excludes halogenated alkanes) is 12. The minimum atomic E-state index is -1.02. The molecule has 2 unspecified atom stereocenters. The molecule has 0 amide bonds. The lowest BCUT2D eigenvalue weighted by molar-refractivity contribution is -0.153. The Morgan fingerprint density at radius 2 is 1.17 bits per heavy atom. The topological polar surface area (TPSA) is 115 Å². The molecular formula is C24H46O6. The number of carboxylic acid groups (broad SMARTS) is 2. The third-order valence-corrected chi connectivity index (χ3v) is 6.10. The van der Waals surface area contributed by atoms with Crippen LogP contribution in [0.1, 0.15) is 122 Å². The number of aliphatic hydroxyl groups excluding tert-OH is 2. The molecule has 0 bridgehead atoms. The van der Waals surface area contributed by atoms with Crippen molar-refractivity contribution in [2.75, 3.05) is 6.61 Å². The van der Waals surface area contributed by atoms with Crippen molar-refractivity contribution in [2.24, 2.45) is 5.41 Å². The fourth-order valence-electron chi connectivity index (χ4n) is 4.19. The summed E-state index contributed by atoms with van der Waals surface area (Å²) in [6, 6.07) is 0. The zero-order valence-corrected chi connectivity index (χ0v) is 19.1. The van der Waals surface area contributed by atoms with Crippen LogP contribution in [0.15, 0.2) is 0 Å². The van der Waals surface area contributed by atoms with Gasteiger partial charge in [-0.2, -0.15) is 0 Å². The maximum Gasteiger partial charge on any atom is 0.309 e. The first-order valence-electron chi connectivity index (χ1n) is 12.1. The standard InChI is InChI=1S/C24H46O6/c1-2-3-4-5-6-7-8-9-11-14-17-24(23(29)30,19-21(26)20-25)18-15-12-10-13-16-22(27)28/h21,25-26H,2-20H2,1H3,(H,27,28)(H,29,30). The van der Waals surface area contributed by atoms with E-state index < -0.39 is 30.1 Å². The molecule has 0 saturated carbocycles. The average molecular weight is 431 g/mol. The second-order valence-corrected chi connectivity index (χ2v) is 8.87. The van der Waals surface area contributed by atoms with Crippen LogP contribution in [-0.4, -0.2) is 45.1 Å². The summed E-state index contributed by atoms with van der Waals surface area (Å²) in [4.78, 5) is 22.7. The zero-order valence-electron chi connectivity index (χ0n) is 19.1. The van der Waals surface area contributed by atoms with E-state index >= 15 is 0 Å². The van der Waals surface area contributed by atoms with Crippen molar-refractivity contribution in [3.63, 3.8) is 0 Å². The highest BCUT2D eigenvalue weighted by molar-refractivity contribution is 5.74. The van der Waals surface area contributed by atoms with Gasteiger partial charge in [-0.3, -0.25) is 9.59 Å². The molecule has 4 N–H and O–H groups in total. The van der Waals surface area contributed by atoms with Gasteiger partial charge in [-0.15, -0.1) is 0 Å². The van der Waals surface area contributed by atoms with Crippen molar-refractivity contribution in [2.45, 2.75) is 129 Å². The van der Waals surface area contributed by atoms with Gasteiger partial charge < -0.3 is 20.4 Å². The number of carboxylic acids is 2. The van der Waals surface area contributed by atoms with Gasteiger partial charge in [-0.1, -0.05) is 90.4 Å². The molecule has 30 heavy (non-hydrogen) atoms. The predicted octanol–water partition coefficient (Wildman–Crippen LogP) is 5.54. The van der Waals surface area contributed by atoms with Gasteiger partial charge in [-0.25, -0.2) is 0 Å². The number of aliphatic hydroxyl groups is 2. The number of hydrogen-bond acceptors (Lipinski definition) is 4. The first-order chi connectivity index (χ1) is 14.4. The van der Waals surface area contributed by atoms with Crippen LogP contribution in [0, 0.1) is 5.41 Å². The van der Waals surface area contributed by atoms with E-state index in [1.807, 2.05) is 0 Å². The summed E-state index contributed by atoms with van der Waals surface area (Å²) in [6.07, 6.45) is 14.9. The Morgan fingerprint density at radius 3 is 1.57 bits per heavy atom. The van der Waals surface area contributed by atoms with E-state index in [0.717, 1.165) is 32.1 Å². The Bertz CT molecular complexity index is 439. The maximum atomic E-state index is 12.1. The molecule has 0 heterocycles. The molecule has 6 nitrogen and oxygen atoms in total. The van der Waals surface area contributed by atoms with Crippen molar-refractivity contribution in [3.05, 3.63) is 0 Å². The number of rotatable bonds is 22. The van der Waals surface area contributed by atoms with Gasteiger partial charge >= 0.3 is 11.9 Å². The minimum Gasteiger partial charge on any atom is -0.481 e. The van der Waals surface area contributed by atoms with Crippen LogP contribution in [0.5, 0.6) is 0 Å². The molecular weight excluding hydrogens is 384 g/mol. The highest BCUT2D eigenvalue weighted by atomic mass is 16.4. The van der Waals surface area contributed by atoms with Gasteiger partial charge in [0, 0.05) is 6.42 Å². The lowest BCUT2D eigenvalue weighted by Crippen LogP contribution is -2.36. The van der Waals surface area contributed by atoms with Crippen molar-refractivity contribution in [1.29, 1.82) is 0 Å². The molecule has 178 valence electrons. The Hall–Kier alpha value is -1.14. The fraction of sp³-hybridized carbons (Fsp3) is 0.917. The molecule has 0 fully saturated rings. The summed E-state index contributed by atoms with van der Waals surface area (Å²) in [6.45, 7) is 1.79. The molecule has 0 rings (SSSR count). The Balaban J connectivity index is 4.34. The Labute approximate surface area is 183 Å². The Morgan fingerprint density at radius 1 is 0.733 bits per heavy atom. The predicted molar refractivity (Wildman–Crippen MR) is 120 cm³/mol. The average Bonchev–Trinajstić information content (AvgIpc) is 2.71. The van der Waals surface area contributed by atoms with Crippen LogP contribution in [-0.2, 0) is 9.59 Å². The van der Waals surface area contributed by atoms with Crippen LogP contribution in [0.25, 0.3) is 0 Å². The molecule has 0 spiro atoms. The number of hydrogen-bond donors (Lipinski definition) is 4. The monoisotopic (exact) mass is 430 g/mol. The lowest BCUT2D eigenvalue weighted by Gasteiger charge is -2.31. The van der Waals surface area contributed by atoms with Gasteiger partial charge in [-0.05, 0) is 25.7 Å². The molecule has 0 aromatic heterocycles. The summed E-state index contributed by atoms with van der Waals surface area (Å²) < 4.78 is 0. The molecule has 2 atom stereocenters.